The largest absolute Gasteiger partial charge is 0.490 e. The van der Waals surface area contributed by atoms with Crippen molar-refractivity contribution in [3.63, 3.8) is 0 Å². The molecular weight excluding hydrogens is 281 g/mol. The summed E-state index contributed by atoms with van der Waals surface area (Å²) in [6, 6.07) is 4.77. The number of rotatable bonds is 9. The Balaban J connectivity index is 2.58. The van der Waals surface area contributed by atoms with E-state index in [2.05, 4.69) is 5.32 Å². The van der Waals surface area contributed by atoms with Crippen LogP contribution in [0.4, 0.5) is 4.39 Å². The van der Waals surface area contributed by atoms with Gasteiger partial charge in [-0.15, -0.1) is 0 Å². The molecule has 0 bridgehead atoms. The normalized spacial score (nSPS) is 11.6. The fourth-order valence-electron chi connectivity index (χ4n) is 1.71. The molecule has 114 valence electrons. The molecule has 0 amide bonds. The Morgan fingerprint density at radius 2 is 2.05 bits per heavy atom. The Labute approximate surface area is 120 Å². The number of hydrogen-bond acceptors (Lipinski definition) is 4. The molecule has 0 saturated heterocycles. The van der Waals surface area contributed by atoms with Crippen LogP contribution in [0, 0.1) is 5.82 Å². The van der Waals surface area contributed by atoms with Crippen molar-refractivity contribution in [3.05, 3.63) is 29.6 Å². The van der Waals surface area contributed by atoms with E-state index in [0.717, 1.165) is 12.1 Å². The number of halogens is 1. The molecule has 0 saturated carbocycles. The summed E-state index contributed by atoms with van der Waals surface area (Å²) >= 11 is 0. The lowest BCUT2D eigenvalue weighted by atomic mass is 10.2. The molecule has 1 N–H and O–H groups in total. The monoisotopic (exact) mass is 303 g/mol. The number of ether oxygens (including phenoxy) is 1. The quantitative estimate of drug-likeness (QED) is 0.710. The maximum Gasteiger partial charge on any atom is 0.165 e. The minimum Gasteiger partial charge on any atom is -0.490 e. The van der Waals surface area contributed by atoms with Crippen LogP contribution >= 0.6 is 0 Å². The predicted octanol–water partition coefficient (Wildman–Crippen LogP) is 2.14. The van der Waals surface area contributed by atoms with Crippen molar-refractivity contribution in [1.29, 1.82) is 0 Å². The lowest BCUT2D eigenvalue weighted by Gasteiger charge is -2.12. The van der Waals surface area contributed by atoms with Gasteiger partial charge in [0.2, 0.25) is 0 Å². The maximum absolute atomic E-state index is 13.7. The first-order chi connectivity index (χ1) is 9.50. The van der Waals surface area contributed by atoms with Crippen LogP contribution in [-0.2, 0) is 16.4 Å². The number of sulfone groups is 1. The first kappa shape index (κ1) is 16.9. The highest BCUT2D eigenvalue weighted by atomic mass is 32.2. The van der Waals surface area contributed by atoms with Gasteiger partial charge >= 0.3 is 0 Å². The Morgan fingerprint density at radius 1 is 1.30 bits per heavy atom. The molecule has 0 aromatic heterocycles. The lowest BCUT2D eigenvalue weighted by Crippen LogP contribution is -2.15. The van der Waals surface area contributed by atoms with Crippen LogP contribution in [0.2, 0.25) is 0 Å². The molecule has 0 aliphatic heterocycles. The SMILES string of the molecule is CCNCc1cccc(F)c1OCCCS(=O)(=O)CC. The highest BCUT2D eigenvalue weighted by Gasteiger charge is 2.11. The van der Waals surface area contributed by atoms with Crippen LogP contribution < -0.4 is 10.1 Å². The number of para-hydroxylation sites is 1. The van der Waals surface area contributed by atoms with E-state index < -0.39 is 15.7 Å². The Morgan fingerprint density at radius 3 is 2.70 bits per heavy atom. The second-order valence-electron chi connectivity index (χ2n) is 4.45. The molecule has 6 heteroatoms. The Kier molecular flexibility index (Phi) is 6.95. The third-order valence-electron chi connectivity index (χ3n) is 2.90. The molecule has 1 aromatic carbocycles. The minimum absolute atomic E-state index is 0.0699. The van der Waals surface area contributed by atoms with Crippen LogP contribution in [0.5, 0.6) is 5.75 Å². The summed E-state index contributed by atoms with van der Waals surface area (Å²) in [5.74, 6) is -0.0140. The maximum atomic E-state index is 13.7. The van der Waals surface area contributed by atoms with Gasteiger partial charge in [-0.1, -0.05) is 26.0 Å². The summed E-state index contributed by atoms with van der Waals surface area (Å²) in [5, 5.41) is 3.11. The Hall–Kier alpha value is -1.14. The van der Waals surface area contributed by atoms with Crippen molar-refractivity contribution in [1.82, 2.24) is 5.32 Å². The second-order valence-corrected chi connectivity index (χ2v) is 6.92. The lowest BCUT2D eigenvalue weighted by molar-refractivity contribution is 0.297. The van der Waals surface area contributed by atoms with Crippen molar-refractivity contribution in [2.45, 2.75) is 26.8 Å². The molecule has 0 atom stereocenters. The average molecular weight is 303 g/mol. The van der Waals surface area contributed by atoms with Gasteiger partial charge in [0.25, 0.3) is 0 Å². The van der Waals surface area contributed by atoms with Gasteiger partial charge in [0.15, 0.2) is 11.6 Å². The summed E-state index contributed by atoms with van der Waals surface area (Å²) in [7, 11) is -2.99. The molecule has 20 heavy (non-hydrogen) atoms. The summed E-state index contributed by atoms with van der Waals surface area (Å²) in [4.78, 5) is 0. The van der Waals surface area contributed by atoms with Gasteiger partial charge in [0.1, 0.15) is 9.84 Å². The third-order valence-corrected chi connectivity index (χ3v) is 4.69. The van der Waals surface area contributed by atoms with Gasteiger partial charge in [-0.05, 0) is 19.0 Å². The Bertz CT molecular complexity index is 517. The zero-order chi connectivity index (χ0) is 15.0. The molecular formula is C14H22FNO3S. The molecule has 4 nitrogen and oxygen atoms in total. The van der Waals surface area contributed by atoms with Crippen molar-refractivity contribution < 1.29 is 17.5 Å². The zero-order valence-corrected chi connectivity index (χ0v) is 12.8. The van der Waals surface area contributed by atoms with Gasteiger partial charge in [0, 0.05) is 17.9 Å². The summed E-state index contributed by atoms with van der Waals surface area (Å²) < 4.78 is 41.9. The summed E-state index contributed by atoms with van der Waals surface area (Å²) in [6.07, 6.45) is 0.366. The van der Waals surface area contributed by atoms with Gasteiger partial charge in [-0.3, -0.25) is 0 Å². The zero-order valence-electron chi connectivity index (χ0n) is 12.0. The fraction of sp³-hybridized carbons (Fsp3) is 0.571. The minimum atomic E-state index is -2.99. The van der Waals surface area contributed by atoms with Gasteiger partial charge < -0.3 is 10.1 Å². The van der Waals surface area contributed by atoms with E-state index in [1.54, 1.807) is 19.1 Å². The van der Waals surface area contributed by atoms with E-state index >= 15 is 0 Å². The van der Waals surface area contributed by atoms with Crippen molar-refractivity contribution in [2.75, 3.05) is 24.7 Å². The predicted molar refractivity (Wildman–Crippen MR) is 78.2 cm³/mol. The van der Waals surface area contributed by atoms with Crippen LogP contribution in [-0.4, -0.2) is 33.1 Å². The fourth-order valence-corrected chi connectivity index (χ4v) is 2.56. The van der Waals surface area contributed by atoms with Crippen LogP contribution in [0.3, 0.4) is 0 Å². The number of hydrogen-bond donors (Lipinski definition) is 1. The van der Waals surface area contributed by atoms with E-state index in [1.807, 2.05) is 6.92 Å². The highest BCUT2D eigenvalue weighted by Crippen LogP contribution is 2.22. The van der Waals surface area contributed by atoms with Crippen molar-refractivity contribution in [2.24, 2.45) is 0 Å². The van der Waals surface area contributed by atoms with E-state index in [-0.39, 0.29) is 23.9 Å². The molecule has 1 aromatic rings. The van der Waals surface area contributed by atoms with E-state index in [4.69, 9.17) is 4.74 Å². The van der Waals surface area contributed by atoms with Crippen LogP contribution in [0.25, 0.3) is 0 Å². The molecule has 0 aliphatic rings. The molecule has 0 heterocycles. The molecule has 0 aliphatic carbocycles. The average Bonchev–Trinajstić information content (AvgIpc) is 2.43. The molecule has 0 radical (unpaired) electrons. The van der Waals surface area contributed by atoms with E-state index in [9.17, 15) is 12.8 Å². The van der Waals surface area contributed by atoms with Gasteiger partial charge in [-0.2, -0.15) is 0 Å². The van der Waals surface area contributed by atoms with Crippen molar-refractivity contribution >= 4 is 9.84 Å². The second kappa shape index (κ2) is 8.21. The van der Waals surface area contributed by atoms with Crippen LogP contribution in [0.1, 0.15) is 25.8 Å². The smallest absolute Gasteiger partial charge is 0.165 e. The molecule has 0 spiro atoms. The summed E-state index contributed by atoms with van der Waals surface area (Å²) in [5.41, 5.74) is 0.741. The topological polar surface area (TPSA) is 55.4 Å². The first-order valence-corrected chi connectivity index (χ1v) is 8.63. The molecule has 1 rings (SSSR count). The van der Waals surface area contributed by atoms with Crippen LogP contribution in [0.15, 0.2) is 18.2 Å². The highest BCUT2D eigenvalue weighted by molar-refractivity contribution is 7.91. The number of benzene rings is 1. The number of nitrogens with one attached hydrogen (secondary N) is 1. The third kappa shape index (κ3) is 5.46. The first-order valence-electron chi connectivity index (χ1n) is 6.81. The van der Waals surface area contributed by atoms with Crippen molar-refractivity contribution in [3.8, 4) is 5.75 Å². The molecule has 0 unspecified atom stereocenters. The van der Waals surface area contributed by atoms with Gasteiger partial charge in [-0.25, -0.2) is 12.8 Å². The van der Waals surface area contributed by atoms with E-state index in [1.165, 1.54) is 6.07 Å². The standard InChI is InChI=1S/C14H22FNO3S/c1-3-16-11-12-7-5-8-13(15)14(12)19-9-6-10-20(17,18)4-2/h5,7-8,16H,3-4,6,9-11H2,1-2H3. The van der Waals surface area contributed by atoms with Gasteiger partial charge in [0.05, 0.1) is 12.4 Å². The molecule has 0 fully saturated rings. The van der Waals surface area contributed by atoms with E-state index in [0.29, 0.717) is 13.0 Å². The summed E-state index contributed by atoms with van der Waals surface area (Å²) in [6.45, 7) is 5.08.